The van der Waals surface area contributed by atoms with Gasteiger partial charge in [0.15, 0.2) is 0 Å². The fourth-order valence-electron chi connectivity index (χ4n) is 6.61. The van der Waals surface area contributed by atoms with Crippen LogP contribution in [-0.2, 0) is 0 Å². The lowest BCUT2D eigenvalue weighted by molar-refractivity contribution is 1.28. The maximum absolute atomic E-state index is 3.78. The van der Waals surface area contributed by atoms with E-state index in [0.29, 0.717) is 0 Å². The van der Waals surface area contributed by atoms with Gasteiger partial charge >= 0.3 is 0 Å². The summed E-state index contributed by atoms with van der Waals surface area (Å²) in [5.74, 6) is 0. The Morgan fingerprint density at radius 2 is 0.722 bits per heavy atom. The molecule has 0 amide bonds. The molecule has 0 atom stereocenters. The van der Waals surface area contributed by atoms with Gasteiger partial charge in [-0.25, -0.2) is 0 Å². The average Bonchev–Trinajstić information content (AvgIpc) is 3.25. The van der Waals surface area contributed by atoms with E-state index >= 15 is 0 Å². The van der Waals surface area contributed by atoms with Crippen molar-refractivity contribution >= 4 is 54.2 Å². The van der Waals surface area contributed by atoms with Crippen LogP contribution in [0.5, 0.6) is 0 Å². The molecule has 0 aliphatic heterocycles. The molecule has 36 heavy (non-hydrogen) atoms. The first-order valence-corrected chi connectivity index (χ1v) is 14.0. The third kappa shape index (κ3) is 3.45. The first-order chi connectivity index (χ1) is 17.2. The second kappa shape index (κ2) is 8.43. The topological polar surface area (TPSA) is 0 Å². The van der Waals surface area contributed by atoms with E-state index in [1.165, 1.54) is 89.1 Å². The van der Waals surface area contributed by atoms with Gasteiger partial charge in [-0.15, -0.1) is 0 Å². The van der Waals surface area contributed by atoms with Crippen LogP contribution in [0.15, 0.2) is 69.6 Å². The van der Waals surface area contributed by atoms with Crippen LogP contribution >= 0.6 is 31.9 Å². The summed E-state index contributed by atoms with van der Waals surface area (Å²) in [5, 5.41) is 0. The number of aryl methyl sites for hydroxylation is 6. The normalized spacial score (nSPS) is 13.9. The zero-order valence-corrected chi connectivity index (χ0v) is 24.7. The van der Waals surface area contributed by atoms with Crippen LogP contribution in [0.2, 0.25) is 0 Å². The number of benzene rings is 4. The Balaban J connectivity index is 1.84. The minimum absolute atomic E-state index is 1.11. The molecule has 0 bridgehead atoms. The van der Waals surface area contributed by atoms with E-state index in [4.69, 9.17) is 0 Å². The molecule has 0 nitrogen and oxygen atoms in total. The van der Waals surface area contributed by atoms with Gasteiger partial charge in [0.05, 0.1) is 0 Å². The fourth-order valence-corrected chi connectivity index (χ4v) is 7.33. The summed E-state index contributed by atoms with van der Waals surface area (Å²) in [5.41, 5.74) is 21.4. The lowest BCUT2D eigenvalue weighted by Gasteiger charge is -2.18. The number of hydrogen-bond acceptors (Lipinski definition) is 0. The Morgan fingerprint density at radius 1 is 0.389 bits per heavy atom. The average molecular weight is 596 g/mol. The maximum atomic E-state index is 3.78. The molecule has 0 saturated carbocycles. The second-order valence-corrected chi connectivity index (χ2v) is 12.3. The second-order valence-electron chi connectivity index (χ2n) is 10.4. The molecule has 0 unspecified atom stereocenters. The number of fused-ring (bicyclic) bond motifs is 5. The molecule has 2 aliphatic carbocycles. The number of hydrogen-bond donors (Lipinski definition) is 0. The molecule has 2 aliphatic rings. The molecule has 0 aromatic heterocycles. The monoisotopic (exact) mass is 594 g/mol. The van der Waals surface area contributed by atoms with Gasteiger partial charge in [0.1, 0.15) is 0 Å². The van der Waals surface area contributed by atoms with Crippen molar-refractivity contribution in [3.63, 3.8) is 0 Å². The highest BCUT2D eigenvalue weighted by Crippen LogP contribution is 2.60. The van der Waals surface area contributed by atoms with E-state index < -0.39 is 0 Å². The molecular formula is C34H28Br2. The SMILES string of the molecule is Cc1cc(C)c(C2=C3C(=C(c4c(C)cc(C)cc4C)c4cc(Br)ccc43)c3ccc(Br)cc32)c(C)c1. The predicted octanol–water partition coefficient (Wildman–Crippen LogP) is 10.3. The first-order valence-electron chi connectivity index (χ1n) is 12.4. The van der Waals surface area contributed by atoms with Gasteiger partial charge in [-0.1, -0.05) is 79.4 Å². The predicted molar refractivity (Wildman–Crippen MR) is 161 cm³/mol. The van der Waals surface area contributed by atoms with Gasteiger partial charge in [-0.3, -0.25) is 0 Å². The van der Waals surface area contributed by atoms with Crippen LogP contribution in [0.3, 0.4) is 0 Å². The summed E-state index contributed by atoms with van der Waals surface area (Å²) in [6, 6.07) is 22.9. The van der Waals surface area contributed by atoms with Crippen LogP contribution in [0.4, 0.5) is 0 Å². The van der Waals surface area contributed by atoms with E-state index in [0.717, 1.165) is 8.95 Å². The summed E-state index contributed by atoms with van der Waals surface area (Å²) < 4.78 is 2.23. The quantitative estimate of drug-likeness (QED) is 0.216. The summed E-state index contributed by atoms with van der Waals surface area (Å²) in [6.07, 6.45) is 0. The van der Waals surface area contributed by atoms with Gasteiger partial charge in [0.25, 0.3) is 0 Å². The van der Waals surface area contributed by atoms with Gasteiger partial charge in [0, 0.05) is 8.95 Å². The van der Waals surface area contributed by atoms with Gasteiger partial charge in [0.2, 0.25) is 0 Å². The van der Waals surface area contributed by atoms with Crippen LogP contribution < -0.4 is 0 Å². The van der Waals surface area contributed by atoms with Crippen molar-refractivity contribution in [1.82, 2.24) is 0 Å². The third-order valence-electron chi connectivity index (χ3n) is 7.64. The molecule has 0 fully saturated rings. The summed E-state index contributed by atoms with van der Waals surface area (Å²) in [4.78, 5) is 0. The Labute approximate surface area is 231 Å². The summed E-state index contributed by atoms with van der Waals surface area (Å²) in [7, 11) is 0. The van der Waals surface area contributed by atoms with Crippen LogP contribution in [0.1, 0.15) is 66.8 Å². The van der Waals surface area contributed by atoms with E-state index in [9.17, 15) is 0 Å². The van der Waals surface area contributed by atoms with Crippen molar-refractivity contribution in [1.29, 1.82) is 0 Å². The maximum Gasteiger partial charge on any atom is 0.0181 e. The first kappa shape index (κ1) is 23.7. The molecule has 0 heterocycles. The highest BCUT2D eigenvalue weighted by atomic mass is 79.9. The van der Waals surface area contributed by atoms with Crippen LogP contribution in [0, 0.1) is 41.5 Å². The van der Waals surface area contributed by atoms with E-state index in [1.807, 2.05) is 0 Å². The van der Waals surface area contributed by atoms with Crippen LogP contribution in [0.25, 0.3) is 22.3 Å². The van der Waals surface area contributed by atoms with Crippen molar-refractivity contribution in [2.24, 2.45) is 0 Å². The molecule has 4 aromatic rings. The highest BCUT2D eigenvalue weighted by molar-refractivity contribution is 9.10. The molecule has 4 aromatic carbocycles. The molecule has 0 radical (unpaired) electrons. The molecule has 0 saturated heterocycles. The molecule has 178 valence electrons. The molecule has 0 spiro atoms. The summed E-state index contributed by atoms with van der Waals surface area (Å²) >= 11 is 7.56. The molecule has 2 heteroatoms. The van der Waals surface area contributed by atoms with Gasteiger partial charge < -0.3 is 0 Å². The summed E-state index contributed by atoms with van der Waals surface area (Å²) in [6.45, 7) is 13.4. The molecule has 6 rings (SSSR count). The van der Waals surface area contributed by atoms with Gasteiger partial charge in [-0.2, -0.15) is 0 Å². The number of allylic oxidation sites excluding steroid dienone is 2. The van der Waals surface area contributed by atoms with E-state index in [-0.39, 0.29) is 0 Å². The van der Waals surface area contributed by atoms with Gasteiger partial charge in [-0.05, 0) is 144 Å². The Hall–Kier alpha value is -2.68. The van der Waals surface area contributed by atoms with Crippen LogP contribution in [-0.4, -0.2) is 0 Å². The zero-order chi connectivity index (χ0) is 25.5. The molecule has 0 N–H and O–H groups in total. The number of halogens is 2. The Kier molecular flexibility index (Phi) is 5.55. The smallest absolute Gasteiger partial charge is 0.0181 e. The Bertz CT molecular complexity index is 1520. The van der Waals surface area contributed by atoms with Crippen molar-refractivity contribution < 1.29 is 0 Å². The zero-order valence-electron chi connectivity index (χ0n) is 21.5. The van der Waals surface area contributed by atoms with E-state index in [2.05, 4.69) is 134 Å². The Morgan fingerprint density at radius 3 is 1.06 bits per heavy atom. The van der Waals surface area contributed by atoms with Crippen molar-refractivity contribution in [3.05, 3.63) is 136 Å². The van der Waals surface area contributed by atoms with Crippen molar-refractivity contribution in [2.75, 3.05) is 0 Å². The lowest BCUT2D eigenvalue weighted by atomic mass is 9.86. The third-order valence-corrected chi connectivity index (χ3v) is 8.63. The van der Waals surface area contributed by atoms with Crippen molar-refractivity contribution in [2.45, 2.75) is 41.5 Å². The lowest BCUT2D eigenvalue weighted by Crippen LogP contribution is -1.99. The fraction of sp³-hybridized carbons (Fsp3) is 0.176. The van der Waals surface area contributed by atoms with E-state index in [1.54, 1.807) is 0 Å². The largest absolute Gasteiger partial charge is 0.0557 e. The molecular weight excluding hydrogens is 568 g/mol. The highest BCUT2D eigenvalue weighted by Gasteiger charge is 2.39. The minimum Gasteiger partial charge on any atom is -0.0557 e. The number of rotatable bonds is 2. The minimum atomic E-state index is 1.11. The standard InChI is InChI=1S/C34H28Br2/c1-17-11-19(3)29(20(4)12-17)33-27-15-23(35)7-9-25(27)32-31(33)26-10-8-24(36)16-28(26)34(32)30-21(5)13-18(2)14-22(30)6/h7-16H,1-6H3. The van der Waals surface area contributed by atoms with Crippen molar-refractivity contribution in [3.8, 4) is 0 Å².